The third-order valence-corrected chi connectivity index (χ3v) is 4.47. The number of benzene rings is 2. The maximum atomic E-state index is 12.3. The SMILES string of the molecule is COc1cc(CNC(=O)C[NH+](C)CC(=O)Nc2ccc(C)cc2)cc(OC)c1OC. The van der Waals surface area contributed by atoms with Crippen molar-refractivity contribution in [2.45, 2.75) is 13.5 Å². The number of aryl methyl sites for hydroxylation is 1. The molecule has 0 aliphatic heterocycles. The molecule has 2 rings (SSSR count). The highest BCUT2D eigenvalue weighted by Crippen LogP contribution is 2.38. The lowest BCUT2D eigenvalue weighted by atomic mass is 10.1. The number of likely N-dealkylation sites (N-methyl/N-ethyl adjacent to an activating group) is 1. The van der Waals surface area contributed by atoms with Crippen LogP contribution in [0.5, 0.6) is 17.2 Å². The molecule has 2 aromatic rings. The lowest BCUT2D eigenvalue weighted by molar-refractivity contribution is -0.862. The Hall–Kier alpha value is -3.26. The van der Waals surface area contributed by atoms with Gasteiger partial charge in [0.05, 0.1) is 28.4 Å². The Morgan fingerprint density at radius 2 is 1.47 bits per heavy atom. The highest BCUT2D eigenvalue weighted by molar-refractivity contribution is 5.91. The van der Waals surface area contributed by atoms with Crippen molar-refractivity contribution in [3.05, 3.63) is 47.5 Å². The molecule has 0 heterocycles. The topological polar surface area (TPSA) is 90.3 Å². The van der Waals surface area contributed by atoms with Gasteiger partial charge in [0, 0.05) is 12.2 Å². The Balaban J connectivity index is 1.85. The molecule has 162 valence electrons. The molecule has 8 nitrogen and oxygen atoms in total. The number of amides is 2. The number of ether oxygens (including phenoxy) is 3. The first kappa shape index (κ1) is 23.0. The van der Waals surface area contributed by atoms with Crippen LogP contribution < -0.4 is 29.7 Å². The number of anilines is 1. The fourth-order valence-electron chi connectivity index (χ4n) is 2.95. The zero-order valence-electron chi connectivity index (χ0n) is 18.1. The van der Waals surface area contributed by atoms with Crippen molar-refractivity contribution >= 4 is 17.5 Å². The molecule has 0 spiro atoms. The summed E-state index contributed by atoms with van der Waals surface area (Å²) in [6.07, 6.45) is 0. The van der Waals surface area contributed by atoms with E-state index in [1.54, 1.807) is 33.4 Å². The highest BCUT2D eigenvalue weighted by Gasteiger charge is 2.16. The zero-order chi connectivity index (χ0) is 22.1. The summed E-state index contributed by atoms with van der Waals surface area (Å²) in [5.74, 6) is 1.24. The van der Waals surface area contributed by atoms with Gasteiger partial charge in [0.2, 0.25) is 5.75 Å². The number of hydrogen-bond donors (Lipinski definition) is 3. The predicted octanol–water partition coefficient (Wildman–Crippen LogP) is 0.790. The van der Waals surface area contributed by atoms with Gasteiger partial charge in [-0.3, -0.25) is 9.59 Å². The lowest BCUT2D eigenvalue weighted by Gasteiger charge is -2.16. The monoisotopic (exact) mass is 416 g/mol. The van der Waals surface area contributed by atoms with E-state index >= 15 is 0 Å². The van der Waals surface area contributed by atoms with Gasteiger partial charge in [-0.1, -0.05) is 17.7 Å². The normalized spacial score (nSPS) is 11.4. The number of carbonyl (C=O) groups excluding carboxylic acids is 2. The Bertz CT molecular complexity index is 843. The second kappa shape index (κ2) is 11.1. The molecule has 30 heavy (non-hydrogen) atoms. The van der Waals surface area contributed by atoms with Crippen molar-refractivity contribution in [1.82, 2.24) is 5.32 Å². The summed E-state index contributed by atoms with van der Waals surface area (Å²) in [6.45, 7) is 2.65. The largest absolute Gasteiger partial charge is 0.493 e. The standard InChI is InChI=1S/C22H29N3O5/c1-15-6-8-17(9-7-15)24-21(27)14-25(2)13-20(26)23-12-16-10-18(28-3)22(30-5)19(11-16)29-4/h6-11H,12-14H2,1-5H3,(H,23,26)(H,24,27)/p+1. The fraction of sp³-hybridized carbons (Fsp3) is 0.364. The average molecular weight is 416 g/mol. The van der Waals surface area contributed by atoms with E-state index < -0.39 is 0 Å². The second-order valence-electron chi connectivity index (χ2n) is 7.04. The molecule has 0 saturated heterocycles. The van der Waals surface area contributed by atoms with Crippen LogP contribution in [0.15, 0.2) is 36.4 Å². The average Bonchev–Trinajstić information content (AvgIpc) is 2.72. The van der Waals surface area contributed by atoms with Gasteiger partial charge in [0.15, 0.2) is 24.6 Å². The van der Waals surface area contributed by atoms with Crippen LogP contribution >= 0.6 is 0 Å². The molecule has 1 atom stereocenters. The quantitative estimate of drug-likeness (QED) is 0.533. The minimum absolute atomic E-state index is 0.145. The van der Waals surface area contributed by atoms with Crippen LogP contribution in [0.3, 0.4) is 0 Å². The van der Waals surface area contributed by atoms with Crippen molar-refractivity contribution < 1.29 is 28.7 Å². The maximum Gasteiger partial charge on any atom is 0.279 e. The van der Waals surface area contributed by atoms with Gasteiger partial charge in [-0.25, -0.2) is 0 Å². The van der Waals surface area contributed by atoms with Crippen LogP contribution in [0.4, 0.5) is 5.69 Å². The van der Waals surface area contributed by atoms with E-state index in [9.17, 15) is 9.59 Å². The summed E-state index contributed by atoms with van der Waals surface area (Å²) in [4.78, 5) is 25.2. The third-order valence-electron chi connectivity index (χ3n) is 4.47. The number of carbonyl (C=O) groups is 2. The summed E-state index contributed by atoms with van der Waals surface area (Å²) >= 11 is 0. The van der Waals surface area contributed by atoms with Gasteiger partial charge in [0.25, 0.3) is 11.8 Å². The van der Waals surface area contributed by atoms with Crippen LogP contribution in [0, 0.1) is 6.92 Å². The zero-order valence-corrected chi connectivity index (χ0v) is 18.1. The number of rotatable bonds is 10. The molecule has 2 aromatic carbocycles. The van der Waals surface area contributed by atoms with Crippen molar-refractivity contribution in [2.75, 3.05) is 46.8 Å². The summed E-state index contributed by atoms with van der Waals surface area (Å²) < 4.78 is 15.9. The van der Waals surface area contributed by atoms with Crippen LogP contribution in [-0.2, 0) is 16.1 Å². The van der Waals surface area contributed by atoms with Gasteiger partial charge in [-0.15, -0.1) is 0 Å². The summed E-state index contributed by atoms with van der Waals surface area (Å²) in [5.41, 5.74) is 2.68. The van der Waals surface area contributed by atoms with Gasteiger partial charge in [0.1, 0.15) is 0 Å². The Kier molecular flexibility index (Phi) is 8.49. The minimum atomic E-state index is -0.163. The number of nitrogens with one attached hydrogen (secondary N) is 3. The van der Waals surface area contributed by atoms with Crippen LogP contribution in [0.25, 0.3) is 0 Å². The van der Waals surface area contributed by atoms with Gasteiger partial charge < -0.3 is 29.7 Å². The van der Waals surface area contributed by atoms with Crippen molar-refractivity contribution in [3.8, 4) is 17.2 Å². The van der Waals surface area contributed by atoms with E-state index in [0.29, 0.717) is 23.8 Å². The molecule has 0 bridgehead atoms. The first-order valence-electron chi connectivity index (χ1n) is 9.59. The van der Waals surface area contributed by atoms with E-state index in [-0.39, 0.29) is 24.9 Å². The third kappa shape index (κ3) is 6.66. The van der Waals surface area contributed by atoms with Gasteiger partial charge >= 0.3 is 0 Å². The van der Waals surface area contributed by atoms with Gasteiger partial charge in [-0.05, 0) is 36.8 Å². The van der Waals surface area contributed by atoms with Crippen molar-refractivity contribution in [1.29, 1.82) is 0 Å². The molecule has 2 amide bonds. The predicted molar refractivity (Wildman–Crippen MR) is 114 cm³/mol. The molecule has 3 N–H and O–H groups in total. The minimum Gasteiger partial charge on any atom is -0.493 e. The molecule has 0 fully saturated rings. The Morgan fingerprint density at radius 3 is 2.00 bits per heavy atom. The molecule has 0 aliphatic rings. The van der Waals surface area contributed by atoms with E-state index in [0.717, 1.165) is 21.7 Å². The van der Waals surface area contributed by atoms with Crippen LogP contribution in [-0.4, -0.2) is 53.3 Å². The van der Waals surface area contributed by atoms with Gasteiger partial charge in [-0.2, -0.15) is 0 Å². The maximum absolute atomic E-state index is 12.3. The second-order valence-corrected chi connectivity index (χ2v) is 7.04. The Labute approximate surface area is 177 Å². The molecular weight excluding hydrogens is 386 g/mol. The van der Waals surface area contributed by atoms with Crippen molar-refractivity contribution in [3.63, 3.8) is 0 Å². The van der Waals surface area contributed by atoms with E-state index in [4.69, 9.17) is 14.2 Å². The number of hydrogen-bond acceptors (Lipinski definition) is 5. The molecular formula is C22H30N3O5+. The lowest BCUT2D eigenvalue weighted by Crippen LogP contribution is -3.11. The van der Waals surface area contributed by atoms with Crippen LogP contribution in [0.2, 0.25) is 0 Å². The fourth-order valence-corrected chi connectivity index (χ4v) is 2.95. The van der Waals surface area contributed by atoms with Crippen LogP contribution in [0.1, 0.15) is 11.1 Å². The molecule has 1 unspecified atom stereocenters. The molecule has 0 aromatic heterocycles. The number of quaternary nitrogens is 1. The smallest absolute Gasteiger partial charge is 0.279 e. The summed E-state index contributed by atoms with van der Waals surface area (Å²) in [7, 11) is 6.42. The Morgan fingerprint density at radius 1 is 0.900 bits per heavy atom. The first-order valence-corrected chi connectivity index (χ1v) is 9.59. The van der Waals surface area contributed by atoms with E-state index in [1.807, 2.05) is 31.2 Å². The van der Waals surface area contributed by atoms with Crippen molar-refractivity contribution in [2.24, 2.45) is 0 Å². The molecule has 0 aliphatic carbocycles. The molecule has 0 radical (unpaired) electrons. The first-order chi connectivity index (χ1) is 14.4. The highest BCUT2D eigenvalue weighted by atomic mass is 16.5. The number of methoxy groups -OCH3 is 3. The van der Waals surface area contributed by atoms with E-state index in [1.165, 1.54) is 7.11 Å². The molecule has 0 saturated carbocycles. The summed E-state index contributed by atoms with van der Waals surface area (Å²) in [6, 6.07) is 11.1. The van der Waals surface area contributed by atoms with E-state index in [2.05, 4.69) is 10.6 Å². The molecule has 8 heteroatoms. The summed E-state index contributed by atoms with van der Waals surface area (Å²) in [5, 5.41) is 5.69.